The van der Waals surface area contributed by atoms with Gasteiger partial charge in [0.05, 0.1) is 20.3 Å². The third-order valence-corrected chi connectivity index (χ3v) is 6.60. The second kappa shape index (κ2) is 9.11. The molecule has 2 aromatic rings. The second-order valence-corrected chi connectivity index (χ2v) is 8.50. The van der Waals surface area contributed by atoms with E-state index in [1.165, 1.54) is 32.1 Å². The maximum Gasteiger partial charge on any atom is 0.173 e. The van der Waals surface area contributed by atoms with Crippen LogP contribution in [-0.2, 0) is 0 Å². The Bertz CT molecular complexity index is 794. The Kier molecular flexibility index (Phi) is 6.33. The van der Waals surface area contributed by atoms with Crippen molar-refractivity contribution < 1.29 is 9.47 Å². The molecule has 1 saturated carbocycles. The Morgan fingerprint density at radius 1 is 1.00 bits per heavy atom. The molecule has 0 bridgehead atoms. The molecule has 1 aromatic carbocycles. The number of hydrogen-bond acceptors (Lipinski definition) is 6. The highest BCUT2D eigenvalue weighted by Gasteiger charge is 2.34. The Morgan fingerprint density at radius 3 is 2.45 bits per heavy atom. The summed E-state index contributed by atoms with van der Waals surface area (Å²) >= 11 is 0. The average molecular weight is 400 g/mol. The average Bonchev–Trinajstić information content (AvgIpc) is 3.25. The molecule has 1 aliphatic carbocycles. The molecule has 7 heteroatoms. The van der Waals surface area contributed by atoms with Gasteiger partial charge in [-0.1, -0.05) is 26.2 Å². The zero-order valence-corrected chi connectivity index (χ0v) is 17.9. The van der Waals surface area contributed by atoms with Gasteiger partial charge in [-0.05, 0) is 73.3 Å². The van der Waals surface area contributed by atoms with Crippen molar-refractivity contribution in [2.24, 2.45) is 5.92 Å². The minimum absolute atomic E-state index is 0.0375. The number of hydrogen-bond donors (Lipinski definition) is 0. The van der Waals surface area contributed by atoms with Crippen molar-refractivity contribution in [3.8, 4) is 11.5 Å². The van der Waals surface area contributed by atoms with Gasteiger partial charge in [-0.3, -0.25) is 4.90 Å². The summed E-state index contributed by atoms with van der Waals surface area (Å²) in [4.78, 5) is 2.52. The molecule has 2 heterocycles. The van der Waals surface area contributed by atoms with Gasteiger partial charge in [0.1, 0.15) is 17.5 Å². The van der Waals surface area contributed by atoms with Crippen molar-refractivity contribution in [1.82, 2.24) is 25.1 Å². The quantitative estimate of drug-likeness (QED) is 0.731. The molecule has 1 aromatic heterocycles. The van der Waals surface area contributed by atoms with E-state index >= 15 is 0 Å². The highest BCUT2D eigenvalue weighted by Crippen LogP contribution is 2.39. The molecular weight excluding hydrogens is 366 g/mol. The Balaban J connectivity index is 1.77. The lowest BCUT2D eigenvalue weighted by atomic mass is 9.93. The number of likely N-dealkylation sites (tertiary alicyclic amines) is 1. The molecule has 0 unspecified atom stereocenters. The molecule has 158 valence electrons. The Hall–Kier alpha value is -2.15. The van der Waals surface area contributed by atoms with Crippen LogP contribution in [0.4, 0.5) is 0 Å². The predicted octanol–water partition coefficient (Wildman–Crippen LogP) is 4.02. The lowest BCUT2D eigenvalue weighted by molar-refractivity contribution is 0.144. The number of benzene rings is 1. The zero-order valence-electron chi connectivity index (χ0n) is 17.9. The van der Waals surface area contributed by atoms with Gasteiger partial charge in [0.25, 0.3) is 0 Å². The lowest BCUT2D eigenvalue weighted by Gasteiger charge is -2.37. The fourth-order valence-corrected chi connectivity index (χ4v) is 4.81. The topological polar surface area (TPSA) is 65.3 Å². The van der Waals surface area contributed by atoms with E-state index in [2.05, 4.69) is 38.1 Å². The standard InChI is InChI=1S/C22H33N5O2/c1-16-11-13-26(14-12-16)21(19-15-18(28-2)9-10-20(19)29-3)22-23-24-25-27(22)17-7-5-4-6-8-17/h9-10,15-17,21H,4-8,11-14H2,1-3H3/t21-/m1/s1. The van der Waals surface area contributed by atoms with Crippen molar-refractivity contribution in [3.05, 3.63) is 29.6 Å². The number of piperidine rings is 1. The van der Waals surface area contributed by atoms with E-state index in [4.69, 9.17) is 9.47 Å². The van der Waals surface area contributed by atoms with E-state index in [1.807, 2.05) is 12.1 Å². The minimum Gasteiger partial charge on any atom is -0.497 e. The van der Waals surface area contributed by atoms with Crippen molar-refractivity contribution in [2.45, 2.75) is 64.0 Å². The largest absolute Gasteiger partial charge is 0.497 e. The molecular formula is C22H33N5O2. The molecule has 0 N–H and O–H groups in total. The summed E-state index contributed by atoms with van der Waals surface area (Å²) in [6, 6.07) is 6.37. The Morgan fingerprint density at radius 2 is 1.76 bits per heavy atom. The normalized spacial score (nSPS) is 20.5. The number of rotatable bonds is 6. The van der Waals surface area contributed by atoms with Crippen LogP contribution in [0.3, 0.4) is 0 Å². The number of tetrazole rings is 1. The maximum atomic E-state index is 5.76. The van der Waals surface area contributed by atoms with Crippen molar-refractivity contribution >= 4 is 0 Å². The second-order valence-electron chi connectivity index (χ2n) is 8.50. The SMILES string of the molecule is COc1ccc(OC)c([C@H](c2nnnn2C2CCCCC2)N2CCC(C)CC2)c1. The highest BCUT2D eigenvalue weighted by molar-refractivity contribution is 5.44. The van der Waals surface area contributed by atoms with Gasteiger partial charge in [-0.15, -0.1) is 5.10 Å². The summed E-state index contributed by atoms with van der Waals surface area (Å²) in [5, 5.41) is 13.1. The van der Waals surface area contributed by atoms with Crippen molar-refractivity contribution in [2.75, 3.05) is 27.3 Å². The van der Waals surface area contributed by atoms with Crippen LogP contribution in [0.15, 0.2) is 18.2 Å². The highest BCUT2D eigenvalue weighted by atomic mass is 16.5. The van der Waals surface area contributed by atoms with Gasteiger partial charge in [-0.2, -0.15) is 0 Å². The fourth-order valence-electron chi connectivity index (χ4n) is 4.81. The number of ether oxygens (including phenoxy) is 2. The number of aromatic nitrogens is 4. The first-order valence-corrected chi connectivity index (χ1v) is 10.9. The third kappa shape index (κ3) is 4.25. The van der Waals surface area contributed by atoms with Crippen molar-refractivity contribution in [3.63, 3.8) is 0 Å². The van der Waals surface area contributed by atoms with Crippen LogP contribution >= 0.6 is 0 Å². The zero-order chi connectivity index (χ0) is 20.2. The van der Waals surface area contributed by atoms with Gasteiger partial charge in [0.2, 0.25) is 0 Å². The first-order valence-electron chi connectivity index (χ1n) is 10.9. The molecule has 2 fully saturated rings. The summed E-state index contributed by atoms with van der Waals surface area (Å²) in [6.07, 6.45) is 8.48. The van der Waals surface area contributed by atoms with Gasteiger partial charge >= 0.3 is 0 Å². The molecule has 2 aliphatic rings. The summed E-state index contributed by atoms with van der Waals surface area (Å²) in [6.45, 7) is 4.40. The molecule has 1 saturated heterocycles. The van der Waals surface area contributed by atoms with Crippen molar-refractivity contribution in [1.29, 1.82) is 0 Å². The van der Waals surface area contributed by atoms with Gasteiger partial charge in [0, 0.05) is 5.56 Å². The van der Waals surface area contributed by atoms with Crippen LogP contribution < -0.4 is 9.47 Å². The first kappa shape index (κ1) is 20.1. The summed E-state index contributed by atoms with van der Waals surface area (Å²) in [5.41, 5.74) is 1.08. The van der Waals surface area contributed by atoms with Gasteiger partial charge in [-0.25, -0.2) is 4.68 Å². The third-order valence-electron chi connectivity index (χ3n) is 6.60. The van der Waals surface area contributed by atoms with Gasteiger partial charge in [0.15, 0.2) is 5.82 Å². The number of methoxy groups -OCH3 is 2. The van der Waals surface area contributed by atoms with Crippen LogP contribution in [0.25, 0.3) is 0 Å². The molecule has 0 spiro atoms. The molecule has 1 atom stereocenters. The predicted molar refractivity (Wildman–Crippen MR) is 111 cm³/mol. The van der Waals surface area contributed by atoms with E-state index in [-0.39, 0.29) is 6.04 Å². The molecule has 7 nitrogen and oxygen atoms in total. The van der Waals surface area contributed by atoms with Crippen LogP contribution in [0, 0.1) is 5.92 Å². The van der Waals surface area contributed by atoms with E-state index in [0.717, 1.165) is 54.7 Å². The summed E-state index contributed by atoms with van der Waals surface area (Å²) in [5.74, 6) is 3.37. The summed E-state index contributed by atoms with van der Waals surface area (Å²) in [7, 11) is 3.43. The minimum atomic E-state index is -0.0375. The molecule has 29 heavy (non-hydrogen) atoms. The molecule has 0 amide bonds. The van der Waals surface area contributed by atoms with Gasteiger partial charge < -0.3 is 9.47 Å². The molecule has 4 rings (SSSR count). The van der Waals surface area contributed by atoms with Crippen LogP contribution in [-0.4, -0.2) is 52.4 Å². The smallest absolute Gasteiger partial charge is 0.173 e. The van der Waals surface area contributed by atoms with E-state index in [0.29, 0.717) is 6.04 Å². The van der Waals surface area contributed by atoms with E-state index in [1.54, 1.807) is 14.2 Å². The van der Waals surface area contributed by atoms with Crippen LogP contribution in [0.2, 0.25) is 0 Å². The van der Waals surface area contributed by atoms with Crippen LogP contribution in [0.1, 0.15) is 75.3 Å². The number of nitrogens with zero attached hydrogens (tertiary/aromatic N) is 5. The van der Waals surface area contributed by atoms with E-state index in [9.17, 15) is 0 Å². The van der Waals surface area contributed by atoms with Crippen LogP contribution in [0.5, 0.6) is 11.5 Å². The maximum absolute atomic E-state index is 5.76. The molecule has 1 aliphatic heterocycles. The van der Waals surface area contributed by atoms with E-state index < -0.39 is 0 Å². The molecule has 0 radical (unpaired) electrons. The summed E-state index contributed by atoms with van der Waals surface area (Å²) < 4.78 is 13.4. The fraction of sp³-hybridized carbons (Fsp3) is 0.682. The Labute approximate surface area is 173 Å². The first-order chi connectivity index (χ1) is 14.2. The monoisotopic (exact) mass is 399 g/mol. The lowest BCUT2D eigenvalue weighted by Crippen LogP contribution is -2.38.